The number of halogens is 1. The second kappa shape index (κ2) is 5.73. The fourth-order valence-electron chi connectivity index (χ4n) is 2.20. The molecule has 0 bridgehead atoms. The number of hydrogen-bond donors (Lipinski definition) is 2. The minimum Gasteiger partial charge on any atom is -0.506 e. The van der Waals surface area contributed by atoms with E-state index in [1.165, 1.54) is 7.11 Å². The lowest BCUT2D eigenvalue weighted by Gasteiger charge is -2.13. The van der Waals surface area contributed by atoms with E-state index in [2.05, 4.69) is 25.7 Å². The van der Waals surface area contributed by atoms with Crippen molar-refractivity contribution in [1.29, 1.82) is 0 Å². The molecule has 0 spiro atoms. The molecule has 110 valence electrons. The Morgan fingerprint density at radius 3 is 2.57 bits per heavy atom. The van der Waals surface area contributed by atoms with Crippen LogP contribution in [0.3, 0.4) is 0 Å². The van der Waals surface area contributed by atoms with Crippen LogP contribution in [0.4, 0.5) is 0 Å². The Bertz CT molecular complexity index is 780. The second-order valence-electron chi connectivity index (χ2n) is 4.64. The number of methoxy groups -OCH3 is 1. The van der Waals surface area contributed by atoms with E-state index in [0.717, 1.165) is 11.1 Å². The van der Waals surface area contributed by atoms with E-state index >= 15 is 0 Å². The summed E-state index contributed by atoms with van der Waals surface area (Å²) in [6, 6.07) is 5.01. The van der Waals surface area contributed by atoms with Crippen LogP contribution in [0.1, 0.15) is 21.6 Å². The molecule has 1 heterocycles. The number of aromatic nitrogens is 1. The topological polar surface area (TPSA) is 79.4 Å². The number of aryl methyl sites for hydroxylation is 2. The molecule has 6 heteroatoms. The lowest BCUT2D eigenvalue weighted by molar-refractivity contribution is 0.0600. The number of hydrogen-bond acceptors (Lipinski definition) is 4. The first kappa shape index (κ1) is 15.3. The minimum absolute atomic E-state index is 0.0829. The van der Waals surface area contributed by atoms with Gasteiger partial charge >= 0.3 is 5.97 Å². The van der Waals surface area contributed by atoms with E-state index in [9.17, 15) is 14.7 Å². The third-order valence-electron chi connectivity index (χ3n) is 3.24. The number of benzene rings is 1. The van der Waals surface area contributed by atoms with Crippen LogP contribution in [0, 0.1) is 13.8 Å². The molecular weight excluding hydrogens is 338 g/mol. The van der Waals surface area contributed by atoms with Crippen molar-refractivity contribution in [1.82, 2.24) is 4.98 Å². The largest absolute Gasteiger partial charge is 0.506 e. The van der Waals surface area contributed by atoms with Gasteiger partial charge < -0.3 is 14.8 Å². The molecule has 0 atom stereocenters. The monoisotopic (exact) mass is 351 g/mol. The zero-order valence-corrected chi connectivity index (χ0v) is 13.4. The molecule has 2 N–H and O–H groups in total. The van der Waals surface area contributed by atoms with Crippen molar-refractivity contribution in [2.45, 2.75) is 13.8 Å². The van der Waals surface area contributed by atoms with Crippen LogP contribution in [0.15, 0.2) is 27.5 Å². The SMILES string of the molecule is COC(=O)c1ccc(-c2c(C)[nH]c(=O)c(Br)c2O)c(C)c1. The highest BCUT2D eigenvalue weighted by molar-refractivity contribution is 9.10. The second-order valence-corrected chi connectivity index (χ2v) is 5.43. The van der Waals surface area contributed by atoms with E-state index in [1.54, 1.807) is 25.1 Å². The van der Waals surface area contributed by atoms with Gasteiger partial charge in [0.15, 0.2) is 0 Å². The first-order chi connectivity index (χ1) is 9.86. The molecule has 0 aliphatic heterocycles. The summed E-state index contributed by atoms with van der Waals surface area (Å²) in [7, 11) is 1.32. The molecule has 0 saturated heterocycles. The third kappa shape index (κ3) is 2.71. The molecule has 5 nitrogen and oxygen atoms in total. The number of ether oxygens (including phenoxy) is 1. The van der Waals surface area contributed by atoms with Crippen molar-refractivity contribution in [2.75, 3.05) is 7.11 Å². The molecule has 2 rings (SSSR count). The lowest BCUT2D eigenvalue weighted by atomic mass is 9.97. The first-order valence-electron chi connectivity index (χ1n) is 6.17. The van der Waals surface area contributed by atoms with Crippen LogP contribution in [0.2, 0.25) is 0 Å². The number of nitrogens with one attached hydrogen (secondary N) is 1. The van der Waals surface area contributed by atoms with E-state index < -0.39 is 11.5 Å². The average molecular weight is 352 g/mol. The normalized spacial score (nSPS) is 10.5. The summed E-state index contributed by atoms with van der Waals surface area (Å²) >= 11 is 3.07. The first-order valence-corrected chi connectivity index (χ1v) is 6.96. The zero-order valence-electron chi connectivity index (χ0n) is 11.8. The van der Waals surface area contributed by atoms with Crippen LogP contribution in [0.5, 0.6) is 5.75 Å². The summed E-state index contributed by atoms with van der Waals surface area (Å²) in [6.45, 7) is 3.52. The van der Waals surface area contributed by atoms with Gasteiger partial charge in [0.1, 0.15) is 10.2 Å². The number of carbonyl (C=O) groups excluding carboxylic acids is 1. The Hall–Kier alpha value is -2.08. The van der Waals surface area contributed by atoms with E-state index in [4.69, 9.17) is 0 Å². The van der Waals surface area contributed by atoms with Crippen molar-refractivity contribution >= 4 is 21.9 Å². The molecule has 0 aliphatic carbocycles. The molecule has 0 amide bonds. The van der Waals surface area contributed by atoms with E-state index in [1.807, 2.05) is 6.92 Å². The summed E-state index contributed by atoms with van der Waals surface area (Å²) in [6.07, 6.45) is 0. The number of H-pyrrole nitrogens is 1. The molecule has 0 saturated carbocycles. The number of esters is 1. The summed E-state index contributed by atoms with van der Waals surface area (Å²) in [5, 5.41) is 10.2. The molecule has 0 fully saturated rings. The maximum Gasteiger partial charge on any atom is 0.337 e. The average Bonchev–Trinajstić information content (AvgIpc) is 2.45. The van der Waals surface area contributed by atoms with Gasteiger partial charge in [-0.25, -0.2) is 4.79 Å². The highest BCUT2D eigenvalue weighted by atomic mass is 79.9. The predicted molar refractivity (Wildman–Crippen MR) is 82.7 cm³/mol. The van der Waals surface area contributed by atoms with Gasteiger partial charge in [-0.2, -0.15) is 0 Å². The Kier molecular flexibility index (Phi) is 4.18. The molecular formula is C15H14BrNO4. The van der Waals surface area contributed by atoms with Crippen molar-refractivity contribution in [3.63, 3.8) is 0 Å². The summed E-state index contributed by atoms with van der Waals surface area (Å²) in [4.78, 5) is 25.8. The standard InChI is InChI=1S/C15H14BrNO4/c1-7-6-9(15(20)21-3)4-5-10(7)11-8(2)17-14(19)12(16)13(11)18/h4-6H,1-3H3,(H2,17,18,19). The molecule has 0 unspecified atom stereocenters. The number of carbonyl (C=O) groups is 1. The molecule has 1 aromatic carbocycles. The van der Waals surface area contributed by atoms with Gasteiger partial charge in [-0.15, -0.1) is 0 Å². The van der Waals surface area contributed by atoms with Crippen molar-refractivity contribution in [3.05, 3.63) is 49.8 Å². The summed E-state index contributed by atoms with van der Waals surface area (Å²) in [5.41, 5.74) is 2.63. The van der Waals surface area contributed by atoms with Crippen LogP contribution in [-0.4, -0.2) is 23.2 Å². The Balaban J connectivity index is 2.66. The Morgan fingerprint density at radius 1 is 1.33 bits per heavy atom. The van der Waals surface area contributed by atoms with Gasteiger partial charge in [0, 0.05) is 11.3 Å². The smallest absolute Gasteiger partial charge is 0.337 e. The summed E-state index contributed by atoms with van der Waals surface area (Å²) < 4.78 is 4.76. The maximum atomic E-state index is 11.6. The Labute approximate surface area is 129 Å². The molecule has 1 aromatic heterocycles. The Morgan fingerprint density at radius 2 is 2.00 bits per heavy atom. The van der Waals surface area contributed by atoms with Gasteiger partial charge in [0.25, 0.3) is 5.56 Å². The van der Waals surface area contributed by atoms with Crippen LogP contribution >= 0.6 is 15.9 Å². The van der Waals surface area contributed by atoms with Gasteiger partial charge in [0.05, 0.1) is 12.7 Å². The minimum atomic E-state index is -0.423. The fourth-order valence-corrected chi connectivity index (χ4v) is 2.50. The van der Waals surface area contributed by atoms with Gasteiger partial charge in [0.2, 0.25) is 0 Å². The highest BCUT2D eigenvalue weighted by Gasteiger charge is 2.17. The van der Waals surface area contributed by atoms with Gasteiger partial charge in [-0.1, -0.05) is 6.07 Å². The maximum absolute atomic E-state index is 11.6. The zero-order chi connectivity index (χ0) is 15.7. The number of aromatic hydroxyl groups is 1. The number of pyridine rings is 1. The number of aromatic amines is 1. The molecule has 21 heavy (non-hydrogen) atoms. The predicted octanol–water partition coefficient (Wildman–Crippen LogP) is 2.91. The third-order valence-corrected chi connectivity index (χ3v) is 3.97. The van der Waals surface area contributed by atoms with Crippen molar-refractivity contribution in [3.8, 4) is 16.9 Å². The number of rotatable bonds is 2. The van der Waals surface area contributed by atoms with Crippen LogP contribution in [-0.2, 0) is 4.74 Å². The van der Waals surface area contributed by atoms with Gasteiger partial charge in [-0.05, 0) is 53.0 Å². The van der Waals surface area contributed by atoms with Crippen LogP contribution < -0.4 is 5.56 Å². The van der Waals surface area contributed by atoms with Crippen LogP contribution in [0.25, 0.3) is 11.1 Å². The molecule has 0 aliphatic rings. The molecule has 0 radical (unpaired) electrons. The lowest BCUT2D eigenvalue weighted by Crippen LogP contribution is -2.10. The van der Waals surface area contributed by atoms with E-state index in [0.29, 0.717) is 16.8 Å². The van der Waals surface area contributed by atoms with Crippen molar-refractivity contribution in [2.24, 2.45) is 0 Å². The quantitative estimate of drug-likeness (QED) is 0.815. The van der Waals surface area contributed by atoms with E-state index in [-0.39, 0.29) is 10.2 Å². The fraction of sp³-hybridized carbons (Fsp3) is 0.200. The summed E-state index contributed by atoms with van der Waals surface area (Å²) in [5.74, 6) is -0.543. The van der Waals surface area contributed by atoms with Crippen molar-refractivity contribution < 1.29 is 14.6 Å². The van der Waals surface area contributed by atoms with Gasteiger partial charge in [-0.3, -0.25) is 4.79 Å². The highest BCUT2D eigenvalue weighted by Crippen LogP contribution is 2.36. The molecule has 2 aromatic rings.